The summed E-state index contributed by atoms with van der Waals surface area (Å²) < 4.78 is 0. The van der Waals surface area contributed by atoms with Gasteiger partial charge in [-0.2, -0.15) is 0 Å². The Hall–Kier alpha value is -0.300. The molecule has 0 heterocycles. The molecule has 1 aliphatic carbocycles. The molecule has 3 atom stereocenters. The van der Waals surface area contributed by atoms with Gasteiger partial charge in [0, 0.05) is 12.1 Å². The fourth-order valence-electron chi connectivity index (χ4n) is 1.80. The van der Waals surface area contributed by atoms with Gasteiger partial charge in [-0.3, -0.25) is 0 Å². The molecule has 1 saturated carbocycles. The zero-order chi connectivity index (χ0) is 8.27. The lowest BCUT2D eigenvalue weighted by atomic mass is 10.1. The maximum absolute atomic E-state index is 3.77. The summed E-state index contributed by atoms with van der Waals surface area (Å²) >= 11 is 0. The Labute approximate surface area is 69.9 Å². The Morgan fingerprint density at radius 1 is 1.55 bits per heavy atom. The highest BCUT2D eigenvalue weighted by Crippen LogP contribution is 2.24. The van der Waals surface area contributed by atoms with Crippen molar-refractivity contribution in [2.75, 3.05) is 0 Å². The van der Waals surface area contributed by atoms with E-state index in [-0.39, 0.29) is 0 Å². The molecular formula is C10H19N. The summed E-state index contributed by atoms with van der Waals surface area (Å²) in [4.78, 5) is 0. The van der Waals surface area contributed by atoms with E-state index in [4.69, 9.17) is 0 Å². The molecule has 0 aliphatic heterocycles. The van der Waals surface area contributed by atoms with Gasteiger partial charge in [0.05, 0.1) is 0 Å². The molecule has 0 aromatic carbocycles. The molecule has 0 aromatic heterocycles. The maximum atomic E-state index is 3.77. The van der Waals surface area contributed by atoms with E-state index >= 15 is 0 Å². The summed E-state index contributed by atoms with van der Waals surface area (Å²) in [6, 6.07) is 1.21. The fourth-order valence-corrected chi connectivity index (χ4v) is 1.80. The first kappa shape index (κ1) is 8.79. The summed E-state index contributed by atoms with van der Waals surface area (Å²) in [5.41, 5.74) is 0. The molecule has 0 spiro atoms. The Balaban J connectivity index is 2.30. The third kappa shape index (κ3) is 2.33. The average Bonchev–Trinajstić information content (AvgIpc) is 2.37. The van der Waals surface area contributed by atoms with Gasteiger partial charge >= 0.3 is 0 Å². The van der Waals surface area contributed by atoms with E-state index in [1.165, 1.54) is 19.3 Å². The maximum Gasteiger partial charge on any atom is 0.0221 e. The Morgan fingerprint density at radius 3 is 2.73 bits per heavy atom. The monoisotopic (exact) mass is 153 g/mol. The minimum Gasteiger partial charge on any atom is -0.308 e. The molecule has 0 saturated heterocycles. The third-order valence-corrected chi connectivity index (χ3v) is 2.69. The van der Waals surface area contributed by atoms with Crippen LogP contribution >= 0.6 is 0 Å². The number of nitrogens with one attached hydrogen (secondary N) is 1. The first-order valence-corrected chi connectivity index (χ1v) is 4.62. The van der Waals surface area contributed by atoms with E-state index in [2.05, 4.69) is 25.7 Å². The Kier molecular flexibility index (Phi) is 3.13. The van der Waals surface area contributed by atoms with Crippen molar-refractivity contribution in [3.8, 4) is 0 Å². The van der Waals surface area contributed by atoms with Crippen LogP contribution in [-0.2, 0) is 0 Å². The molecule has 0 amide bonds. The van der Waals surface area contributed by atoms with Crippen molar-refractivity contribution in [1.82, 2.24) is 5.32 Å². The van der Waals surface area contributed by atoms with Crippen LogP contribution in [0.4, 0.5) is 0 Å². The van der Waals surface area contributed by atoms with Crippen LogP contribution in [0.15, 0.2) is 12.7 Å². The highest BCUT2D eigenvalue weighted by molar-refractivity contribution is 4.88. The molecular weight excluding hydrogens is 134 g/mol. The van der Waals surface area contributed by atoms with Crippen LogP contribution in [-0.4, -0.2) is 12.1 Å². The SMILES string of the molecule is C=CC(C)NC1CCCC1C. The quantitative estimate of drug-likeness (QED) is 0.614. The second-order valence-corrected chi connectivity index (χ2v) is 3.71. The lowest BCUT2D eigenvalue weighted by Crippen LogP contribution is -2.36. The smallest absolute Gasteiger partial charge is 0.0221 e. The van der Waals surface area contributed by atoms with Gasteiger partial charge in [-0.05, 0) is 25.7 Å². The van der Waals surface area contributed by atoms with Crippen molar-refractivity contribution in [3.05, 3.63) is 12.7 Å². The third-order valence-electron chi connectivity index (χ3n) is 2.69. The normalized spacial score (nSPS) is 33.6. The number of hydrogen-bond acceptors (Lipinski definition) is 1. The average molecular weight is 153 g/mol. The van der Waals surface area contributed by atoms with Crippen LogP contribution < -0.4 is 5.32 Å². The molecule has 1 heteroatoms. The van der Waals surface area contributed by atoms with E-state index in [1.54, 1.807) is 0 Å². The summed E-state index contributed by atoms with van der Waals surface area (Å²) in [6.45, 7) is 8.26. The zero-order valence-electron chi connectivity index (χ0n) is 7.64. The molecule has 0 radical (unpaired) electrons. The topological polar surface area (TPSA) is 12.0 Å². The molecule has 1 fully saturated rings. The second-order valence-electron chi connectivity index (χ2n) is 3.71. The molecule has 3 unspecified atom stereocenters. The van der Waals surface area contributed by atoms with E-state index in [9.17, 15) is 0 Å². The molecule has 1 aliphatic rings. The highest BCUT2D eigenvalue weighted by atomic mass is 14.9. The Bertz CT molecular complexity index is 131. The van der Waals surface area contributed by atoms with Gasteiger partial charge in [0.2, 0.25) is 0 Å². The van der Waals surface area contributed by atoms with Gasteiger partial charge in [0.1, 0.15) is 0 Å². The fraction of sp³-hybridized carbons (Fsp3) is 0.800. The molecule has 1 nitrogen and oxygen atoms in total. The summed E-state index contributed by atoms with van der Waals surface area (Å²) in [7, 11) is 0. The van der Waals surface area contributed by atoms with E-state index in [0.717, 1.165) is 12.0 Å². The molecule has 1 N–H and O–H groups in total. The predicted molar refractivity (Wildman–Crippen MR) is 49.6 cm³/mol. The van der Waals surface area contributed by atoms with E-state index in [1.807, 2.05) is 6.08 Å². The van der Waals surface area contributed by atoms with Crippen LogP contribution in [0, 0.1) is 5.92 Å². The van der Waals surface area contributed by atoms with Crippen molar-refractivity contribution < 1.29 is 0 Å². The van der Waals surface area contributed by atoms with Crippen LogP contribution in [0.25, 0.3) is 0 Å². The van der Waals surface area contributed by atoms with Gasteiger partial charge in [-0.25, -0.2) is 0 Å². The van der Waals surface area contributed by atoms with E-state index < -0.39 is 0 Å². The highest BCUT2D eigenvalue weighted by Gasteiger charge is 2.23. The molecule has 0 aromatic rings. The molecule has 1 rings (SSSR count). The van der Waals surface area contributed by atoms with Crippen molar-refractivity contribution in [3.63, 3.8) is 0 Å². The van der Waals surface area contributed by atoms with Crippen LogP contribution in [0.1, 0.15) is 33.1 Å². The second kappa shape index (κ2) is 3.91. The van der Waals surface area contributed by atoms with Gasteiger partial charge in [-0.15, -0.1) is 6.58 Å². The van der Waals surface area contributed by atoms with Crippen molar-refractivity contribution in [2.45, 2.75) is 45.2 Å². The van der Waals surface area contributed by atoms with Crippen molar-refractivity contribution in [1.29, 1.82) is 0 Å². The minimum absolute atomic E-state index is 0.473. The first-order chi connectivity index (χ1) is 5.24. The van der Waals surface area contributed by atoms with E-state index in [0.29, 0.717) is 6.04 Å². The van der Waals surface area contributed by atoms with Crippen LogP contribution in [0.3, 0.4) is 0 Å². The zero-order valence-corrected chi connectivity index (χ0v) is 7.64. The van der Waals surface area contributed by atoms with Gasteiger partial charge in [0.15, 0.2) is 0 Å². The minimum atomic E-state index is 0.473. The lowest BCUT2D eigenvalue weighted by Gasteiger charge is -2.20. The van der Waals surface area contributed by atoms with Crippen LogP contribution in [0.2, 0.25) is 0 Å². The number of hydrogen-bond donors (Lipinski definition) is 1. The molecule has 0 bridgehead atoms. The Morgan fingerprint density at radius 2 is 2.27 bits per heavy atom. The van der Waals surface area contributed by atoms with Gasteiger partial charge in [-0.1, -0.05) is 19.4 Å². The molecule has 64 valence electrons. The largest absolute Gasteiger partial charge is 0.308 e. The van der Waals surface area contributed by atoms with Gasteiger partial charge < -0.3 is 5.32 Å². The lowest BCUT2D eigenvalue weighted by molar-refractivity contribution is 0.410. The van der Waals surface area contributed by atoms with Crippen molar-refractivity contribution in [2.24, 2.45) is 5.92 Å². The summed E-state index contributed by atoms with van der Waals surface area (Å²) in [5.74, 6) is 0.859. The van der Waals surface area contributed by atoms with Crippen LogP contribution in [0.5, 0.6) is 0 Å². The van der Waals surface area contributed by atoms with Gasteiger partial charge in [0.25, 0.3) is 0 Å². The summed E-state index contributed by atoms with van der Waals surface area (Å²) in [5, 5.41) is 3.56. The van der Waals surface area contributed by atoms with Crippen molar-refractivity contribution >= 4 is 0 Å². The predicted octanol–water partition coefficient (Wildman–Crippen LogP) is 2.34. The number of rotatable bonds is 3. The first-order valence-electron chi connectivity index (χ1n) is 4.62. The summed E-state index contributed by atoms with van der Waals surface area (Å²) in [6.07, 6.45) is 6.11. The molecule has 11 heavy (non-hydrogen) atoms. The standard InChI is InChI=1S/C10H19N/c1-4-9(3)11-10-7-5-6-8(10)2/h4,8-11H,1,5-7H2,2-3H3.